The molecule has 6 rings (SSSR count). The molecule has 53 heavy (non-hydrogen) atoms. The molecule has 1 fully saturated rings. The number of benzene rings is 4. The number of imidazole rings is 1. The van der Waals surface area contributed by atoms with Crippen LogP contribution in [0.2, 0.25) is 10.0 Å². The Morgan fingerprint density at radius 3 is 1.96 bits per heavy atom. The van der Waals surface area contributed by atoms with E-state index in [1.807, 2.05) is 27.6 Å². The summed E-state index contributed by atoms with van der Waals surface area (Å²) in [5.74, 6) is 0.699. The molecule has 278 valence electrons. The van der Waals surface area contributed by atoms with Gasteiger partial charge in [-0.1, -0.05) is 119 Å². The first kappa shape index (κ1) is 38.6. The lowest BCUT2D eigenvalue weighted by Crippen LogP contribution is -2.29. The maximum Gasteiger partial charge on any atom is 0.326 e. The summed E-state index contributed by atoms with van der Waals surface area (Å²) in [5.41, 5.74) is 7.84. The van der Waals surface area contributed by atoms with Crippen molar-refractivity contribution in [3.05, 3.63) is 124 Å². The number of rotatable bonds is 11. The van der Waals surface area contributed by atoms with Gasteiger partial charge < -0.3 is 4.57 Å². The highest BCUT2D eigenvalue weighted by molar-refractivity contribution is 7.92. The van der Waals surface area contributed by atoms with E-state index in [1.165, 1.54) is 36.8 Å². The van der Waals surface area contributed by atoms with E-state index < -0.39 is 16.1 Å². The van der Waals surface area contributed by atoms with Gasteiger partial charge in [-0.15, -0.1) is 0 Å². The van der Waals surface area contributed by atoms with Crippen molar-refractivity contribution in [2.24, 2.45) is 10.8 Å². The van der Waals surface area contributed by atoms with Gasteiger partial charge in [0.15, 0.2) is 0 Å². The molecule has 1 aromatic heterocycles. The smallest absolute Gasteiger partial charge is 0.303 e. The third kappa shape index (κ3) is 9.71. The number of amides is 1. The summed E-state index contributed by atoms with van der Waals surface area (Å²) in [6.07, 6.45) is 7.16. The highest BCUT2D eigenvalue weighted by atomic mass is 35.5. The fraction of sp³-hybridized carbons (Fsp3) is 0.349. The predicted octanol–water partition coefficient (Wildman–Crippen LogP) is 11.0. The van der Waals surface area contributed by atoms with Crippen LogP contribution in [-0.4, -0.2) is 30.4 Å². The maximum atomic E-state index is 12.6. The maximum absolute atomic E-state index is 12.6. The van der Waals surface area contributed by atoms with E-state index in [9.17, 15) is 13.2 Å². The van der Waals surface area contributed by atoms with Gasteiger partial charge in [-0.25, -0.2) is 14.0 Å². The van der Waals surface area contributed by atoms with Gasteiger partial charge in [0.05, 0.1) is 16.4 Å². The molecule has 10 heteroatoms. The van der Waals surface area contributed by atoms with E-state index in [0.717, 1.165) is 26.8 Å². The molecule has 0 saturated carbocycles. The van der Waals surface area contributed by atoms with Gasteiger partial charge in [-0.05, 0) is 101 Å². The van der Waals surface area contributed by atoms with Gasteiger partial charge in [0.25, 0.3) is 5.91 Å². The van der Waals surface area contributed by atoms with Crippen LogP contribution in [0.1, 0.15) is 90.1 Å². The Morgan fingerprint density at radius 2 is 1.40 bits per heavy atom. The molecular weight excluding hydrogens is 723 g/mol. The minimum Gasteiger partial charge on any atom is -0.303 e. The van der Waals surface area contributed by atoms with Crippen LogP contribution < -0.4 is 9.03 Å². The average molecular weight is 772 g/mol. The summed E-state index contributed by atoms with van der Waals surface area (Å²) < 4.78 is 30.3. The molecule has 1 N–H and O–H groups in total. The molecule has 0 bridgehead atoms. The molecule has 0 aliphatic carbocycles. The van der Waals surface area contributed by atoms with Gasteiger partial charge in [-0.3, -0.25) is 4.79 Å². The van der Waals surface area contributed by atoms with Crippen molar-refractivity contribution in [3.8, 4) is 28.1 Å². The quantitative estimate of drug-likeness (QED) is 0.145. The van der Waals surface area contributed by atoms with E-state index in [0.29, 0.717) is 50.3 Å². The van der Waals surface area contributed by atoms with Gasteiger partial charge in [0.2, 0.25) is 0 Å². The minimum atomic E-state index is -3.97. The number of halogens is 2. The highest BCUT2D eigenvalue weighted by Crippen LogP contribution is 2.37. The average Bonchev–Trinajstić information content (AvgIpc) is 3.62. The number of hydrogen-bond acceptors (Lipinski definition) is 4. The Balaban J connectivity index is 1.27. The van der Waals surface area contributed by atoms with Crippen LogP contribution in [0, 0.1) is 10.8 Å². The predicted molar refractivity (Wildman–Crippen MR) is 218 cm³/mol. The van der Waals surface area contributed by atoms with E-state index in [-0.39, 0.29) is 6.54 Å². The van der Waals surface area contributed by atoms with Gasteiger partial charge >= 0.3 is 10.2 Å². The summed E-state index contributed by atoms with van der Waals surface area (Å²) >= 11 is 12.8. The van der Waals surface area contributed by atoms with Crippen LogP contribution in [0.4, 0.5) is 5.69 Å². The zero-order chi connectivity index (χ0) is 38.1. The number of nitrogens with zero attached hydrogens (tertiary/aromatic N) is 3. The lowest BCUT2D eigenvalue weighted by Gasteiger charge is -2.26. The lowest BCUT2D eigenvalue weighted by molar-refractivity contribution is -0.117. The highest BCUT2D eigenvalue weighted by Gasteiger charge is 2.34. The number of anilines is 1. The monoisotopic (exact) mass is 770 g/mol. The molecule has 0 atom stereocenters. The van der Waals surface area contributed by atoms with E-state index >= 15 is 0 Å². The first-order chi connectivity index (χ1) is 24.9. The SMILES string of the molecule is CC(C)(C)CCC(CCC(C)(C)C)c1ccc(-c2ccc(Cc3nc(-c4ccc(Cl)cc4Cl)cn3-c3cccc(N4CC(=O)NS4(=O)=O)c3)cc2)cc1. The Kier molecular flexibility index (Phi) is 11.2. The van der Waals surface area contributed by atoms with Gasteiger partial charge in [0.1, 0.15) is 12.4 Å². The Bertz CT molecular complexity index is 2180. The van der Waals surface area contributed by atoms with Crippen molar-refractivity contribution in [2.45, 2.75) is 79.6 Å². The van der Waals surface area contributed by atoms with Crippen LogP contribution >= 0.6 is 23.2 Å². The molecule has 4 aromatic carbocycles. The second kappa shape index (κ2) is 15.3. The molecule has 1 aliphatic heterocycles. The molecule has 7 nitrogen and oxygen atoms in total. The van der Waals surface area contributed by atoms with Crippen LogP contribution in [0.5, 0.6) is 0 Å². The number of aromatic nitrogens is 2. The lowest BCUT2D eigenvalue weighted by atomic mass is 9.79. The summed E-state index contributed by atoms with van der Waals surface area (Å²) in [5, 5.41) is 0.997. The summed E-state index contributed by atoms with van der Waals surface area (Å²) in [7, 11) is -3.97. The summed E-state index contributed by atoms with van der Waals surface area (Å²) in [6.45, 7) is 13.7. The third-order valence-electron chi connectivity index (χ3n) is 9.72. The Labute approximate surface area is 324 Å². The van der Waals surface area contributed by atoms with E-state index in [4.69, 9.17) is 28.2 Å². The van der Waals surface area contributed by atoms with E-state index in [2.05, 4.69) is 90.1 Å². The Hall–Kier alpha value is -4.11. The molecule has 0 radical (unpaired) electrons. The summed E-state index contributed by atoms with van der Waals surface area (Å²) in [6, 6.07) is 30.0. The topological polar surface area (TPSA) is 84.3 Å². The molecule has 1 saturated heterocycles. The van der Waals surface area contributed by atoms with Crippen LogP contribution in [-0.2, 0) is 21.4 Å². The second-order valence-corrected chi connectivity index (χ2v) is 18.9. The minimum absolute atomic E-state index is 0.279. The first-order valence-corrected chi connectivity index (χ1v) is 20.3. The molecule has 0 spiro atoms. The largest absolute Gasteiger partial charge is 0.326 e. The molecule has 0 unspecified atom stereocenters. The van der Waals surface area contributed by atoms with Crippen LogP contribution in [0.25, 0.3) is 28.1 Å². The van der Waals surface area contributed by atoms with Crippen LogP contribution in [0.15, 0.2) is 97.2 Å². The van der Waals surface area contributed by atoms with Crippen molar-refractivity contribution in [2.75, 3.05) is 10.8 Å². The second-order valence-electron chi connectivity index (χ2n) is 16.5. The standard InChI is InChI=1S/C43H48Cl2N4O3S/c1-42(2,3)22-20-33(21-23-43(4,5)6)32-16-14-31(15-17-32)30-12-10-29(11-13-30)24-40-46-39(37-19-18-34(44)25-38(37)45)27-48(40)35-8-7-9-36(26-35)49-28-41(50)47-53(49,51)52/h7-19,25-27,33H,20-24,28H2,1-6H3,(H,47,50). The third-order valence-corrected chi connectivity index (χ3v) is 11.7. The van der Waals surface area contributed by atoms with Crippen molar-refractivity contribution in [3.63, 3.8) is 0 Å². The van der Waals surface area contributed by atoms with Crippen molar-refractivity contribution < 1.29 is 13.2 Å². The summed E-state index contributed by atoms with van der Waals surface area (Å²) in [4.78, 5) is 17.0. The fourth-order valence-electron chi connectivity index (χ4n) is 6.71. The Morgan fingerprint density at radius 1 is 0.792 bits per heavy atom. The first-order valence-electron chi connectivity index (χ1n) is 18.1. The molecule has 1 aliphatic rings. The van der Waals surface area contributed by atoms with Crippen molar-refractivity contribution >= 4 is 45.0 Å². The van der Waals surface area contributed by atoms with Gasteiger partial charge in [0, 0.05) is 28.9 Å². The van der Waals surface area contributed by atoms with Crippen molar-refractivity contribution in [1.82, 2.24) is 14.3 Å². The molecule has 1 amide bonds. The van der Waals surface area contributed by atoms with Crippen molar-refractivity contribution in [1.29, 1.82) is 0 Å². The van der Waals surface area contributed by atoms with Crippen LogP contribution in [0.3, 0.4) is 0 Å². The van der Waals surface area contributed by atoms with E-state index in [1.54, 1.807) is 30.3 Å². The van der Waals surface area contributed by atoms with Gasteiger partial charge in [-0.2, -0.15) is 8.42 Å². The normalized spacial score (nSPS) is 14.6. The molecule has 2 heterocycles. The zero-order valence-electron chi connectivity index (χ0n) is 31.3. The number of nitrogens with one attached hydrogen (secondary N) is 1. The fourth-order valence-corrected chi connectivity index (χ4v) is 8.35. The molecule has 5 aromatic rings. The number of carbonyl (C=O) groups is 1. The number of carbonyl (C=O) groups excluding carboxylic acids is 1. The molecular formula is C43H48Cl2N4O3S. The zero-order valence-corrected chi connectivity index (χ0v) is 33.6. The number of hydrogen-bond donors (Lipinski definition) is 1.